The standard InChI is InChI=1S/C18H27N3O5S/c1-14(20-7-5-16(22)6-8-20)18(23)19-15-3-2-4-17(13-15)27(24,25)21-9-11-26-12-10-21/h2-4,13-14,16,22H,5-12H2,1H3,(H,19,23). The Morgan fingerprint density at radius 2 is 1.89 bits per heavy atom. The molecule has 9 heteroatoms. The van der Waals surface area contributed by atoms with Crippen LogP contribution >= 0.6 is 0 Å². The third kappa shape index (κ3) is 4.85. The first-order chi connectivity index (χ1) is 12.9. The number of ether oxygens (including phenoxy) is 1. The molecule has 27 heavy (non-hydrogen) atoms. The molecule has 2 aliphatic heterocycles. The molecule has 3 rings (SSSR count). The smallest absolute Gasteiger partial charge is 0.243 e. The summed E-state index contributed by atoms with van der Waals surface area (Å²) in [5.41, 5.74) is 0.457. The van der Waals surface area contributed by atoms with Crippen LogP contribution in [0.25, 0.3) is 0 Å². The number of likely N-dealkylation sites (tertiary alicyclic amines) is 1. The number of hydrogen-bond acceptors (Lipinski definition) is 6. The average molecular weight is 397 g/mol. The van der Waals surface area contributed by atoms with Gasteiger partial charge in [-0.05, 0) is 38.0 Å². The number of aliphatic hydroxyl groups is 1. The third-order valence-electron chi connectivity index (χ3n) is 5.14. The van der Waals surface area contributed by atoms with E-state index in [2.05, 4.69) is 5.32 Å². The second-order valence-corrected chi connectivity index (χ2v) is 8.91. The fourth-order valence-corrected chi connectivity index (χ4v) is 4.81. The molecule has 150 valence electrons. The molecule has 2 N–H and O–H groups in total. The van der Waals surface area contributed by atoms with Crippen molar-refractivity contribution >= 4 is 21.6 Å². The molecule has 2 aliphatic rings. The Labute approximate surface area is 160 Å². The number of aliphatic hydroxyl groups excluding tert-OH is 1. The number of nitrogens with one attached hydrogen (secondary N) is 1. The molecule has 1 amide bonds. The number of benzene rings is 1. The van der Waals surface area contributed by atoms with Gasteiger partial charge in [-0.25, -0.2) is 8.42 Å². The summed E-state index contributed by atoms with van der Waals surface area (Å²) in [6.45, 7) is 4.59. The Morgan fingerprint density at radius 3 is 2.56 bits per heavy atom. The molecular weight excluding hydrogens is 370 g/mol. The third-order valence-corrected chi connectivity index (χ3v) is 7.03. The van der Waals surface area contributed by atoms with Gasteiger partial charge in [-0.1, -0.05) is 6.07 Å². The van der Waals surface area contributed by atoms with Crippen LogP contribution in [-0.2, 0) is 19.6 Å². The molecule has 1 unspecified atom stereocenters. The summed E-state index contributed by atoms with van der Waals surface area (Å²) < 4.78 is 32.1. The van der Waals surface area contributed by atoms with Gasteiger partial charge in [0.1, 0.15) is 0 Å². The van der Waals surface area contributed by atoms with E-state index in [9.17, 15) is 18.3 Å². The zero-order valence-corrected chi connectivity index (χ0v) is 16.3. The molecule has 2 saturated heterocycles. The Morgan fingerprint density at radius 1 is 1.22 bits per heavy atom. The molecule has 1 aromatic carbocycles. The molecule has 0 bridgehead atoms. The number of amides is 1. The van der Waals surface area contributed by atoms with Crippen molar-refractivity contribution in [1.29, 1.82) is 0 Å². The van der Waals surface area contributed by atoms with Crippen molar-refractivity contribution < 1.29 is 23.1 Å². The predicted molar refractivity (Wildman–Crippen MR) is 101 cm³/mol. The summed E-state index contributed by atoms with van der Waals surface area (Å²) >= 11 is 0. The van der Waals surface area contributed by atoms with Crippen LogP contribution in [0.2, 0.25) is 0 Å². The molecule has 0 spiro atoms. The van der Waals surface area contributed by atoms with Crippen molar-refractivity contribution in [3.63, 3.8) is 0 Å². The number of morpholine rings is 1. The van der Waals surface area contributed by atoms with Crippen LogP contribution in [0, 0.1) is 0 Å². The zero-order valence-electron chi connectivity index (χ0n) is 15.5. The van der Waals surface area contributed by atoms with Crippen molar-refractivity contribution in [3.05, 3.63) is 24.3 Å². The first-order valence-corrected chi connectivity index (χ1v) is 10.7. The van der Waals surface area contributed by atoms with Crippen molar-refractivity contribution in [1.82, 2.24) is 9.21 Å². The lowest BCUT2D eigenvalue weighted by molar-refractivity contribution is -0.121. The van der Waals surface area contributed by atoms with Gasteiger partial charge in [-0.3, -0.25) is 9.69 Å². The summed E-state index contributed by atoms with van der Waals surface area (Å²) in [6, 6.07) is 6.00. The molecule has 2 heterocycles. The minimum absolute atomic E-state index is 0.163. The number of sulfonamides is 1. The predicted octanol–water partition coefficient (Wildman–Crippen LogP) is 0.491. The topological polar surface area (TPSA) is 99.2 Å². The second-order valence-electron chi connectivity index (χ2n) is 6.98. The van der Waals surface area contributed by atoms with E-state index in [-0.39, 0.29) is 22.9 Å². The highest BCUT2D eigenvalue weighted by atomic mass is 32.2. The maximum absolute atomic E-state index is 12.8. The van der Waals surface area contributed by atoms with Gasteiger partial charge >= 0.3 is 0 Å². The number of carbonyl (C=O) groups is 1. The Hall–Kier alpha value is -1.52. The van der Waals surface area contributed by atoms with Crippen LogP contribution in [0.5, 0.6) is 0 Å². The van der Waals surface area contributed by atoms with E-state index in [4.69, 9.17) is 4.74 Å². The zero-order chi connectivity index (χ0) is 19.4. The number of piperidine rings is 1. The van der Waals surface area contributed by atoms with E-state index in [0.717, 1.165) is 0 Å². The van der Waals surface area contributed by atoms with E-state index in [1.165, 1.54) is 16.4 Å². The molecule has 0 aliphatic carbocycles. The molecule has 0 radical (unpaired) electrons. The lowest BCUT2D eigenvalue weighted by atomic mass is 10.1. The maximum atomic E-state index is 12.8. The molecule has 8 nitrogen and oxygen atoms in total. The number of carbonyl (C=O) groups excluding carboxylic acids is 1. The summed E-state index contributed by atoms with van der Waals surface area (Å²) in [6.07, 6.45) is 1.02. The van der Waals surface area contributed by atoms with Crippen LogP contribution in [0.4, 0.5) is 5.69 Å². The highest BCUT2D eigenvalue weighted by molar-refractivity contribution is 7.89. The SMILES string of the molecule is CC(C(=O)Nc1cccc(S(=O)(=O)N2CCOCC2)c1)N1CCC(O)CC1. The highest BCUT2D eigenvalue weighted by Gasteiger charge is 2.28. The van der Waals surface area contributed by atoms with Gasteiger partial charge in [-0.2, -0.15) is 4.31 Å². The van der Waals surface area contributed by atoms with Gasteiger partial charge < -0.3 is 15.2 Å². The van der Waals surface area contributed by atoms with Crippen LogP contribution in [0.3, 0.4) is 0 Å². The summed E-state index contributed by atoms with van der Waals surface area (Å²) in [7, 11) is -3.60. The monoisotopic (exact) mass is 397 g/mol. The van der Waals surface area contributed by atoms with Gasteiger partial charge in [0.25, 0.3) is 0 Å². The fourth-order valence-electron chi connectivity index (χ4n) is 3.36. The van der Waals surface area contributed by atoms with Crippen LogP contribution in [0.15, 0.2) is 29.2 Å². The van der Waals surface area contributed by atoms with Gasteiger partial charge in [0.05, 0.1) is 30.3 Å². The van der Waals surface area contributed by atoms with Gasteiger partial charge in [0.15, 0.2) is 0 Å². The van der Waals surface area contributed by atoms with E-state index in [0.29, 0.717) is 57.9 Å². The van der Waals surface area contributed by atoms with Crippen molar-refractivity contribution in [2.75, 3.05) is 44.7 Å². The van der Waals surface area contributed by atoms with Gasteiger partial charge in [-0.15, -0.1) is 0 Å². The minimum Gasteiger partial charge on any atom is -0.393 e. The van der Waals surface area contributed by atoms with E-state index in [1.54, 1.807) is 12.1 Å². The number of anilines is 1. The first kappa shape index (κ1) is 20.2. The van der Waals surface area contributed by atoms with Gasteiger partial charge in [0.2, 0.25) is 15.9 Å². The fraction of sp³-hybridized carbons (Fsp3) is 0.611. The number of nitrogens with zero attached hydrogens (tertiary/aromatic N) is 2. The summed E-state index contributed by atoms with van der Waals surface area (Å²) in [5.74, 6) is -0.188. The maximum Gasteiger partial charge on any atom is 0.243 e. The summed E-state index contributed by atoms with van der Waals surface area (Å²) in [4.78, 5) is 14.8. The van der Waals surface area contributed by atoms with Crippen molar-refractivity contribution in [2.45, 2.75) is 36.8 Å². The van der Waals surface area contributed by atoms with Crippen molar-refractivity contribution in [2.24, 2.45) is 0 Å². The van der Waals surface area contributed by atoms with Crippen LogP contribution < -0.4 is 5.32 Å². The second kappa shape index (κ2) is 8.66. The molecule has 1 aromatic rings. The molecule has 0 aromatic heterocycles. The highest BCUT2D eigenvalue weighted by Crippen LogP contribution is 2.21. The Balaban J connectivity index is 1.67. The number of rotatable bonds is 5. The molecule has 0 saturated carbocycles. The average Bonchev–Trinajstić information content (AvgIpc) is 2.69. The minimum atomic E-state index is -3.60. The number of hydrogen-bond donors (Lipinski definition) is 2. The largest absolute Gasteiger partial charge is 0.393 e. The molecule has 2 fully saturated rings. The Kier molecular flexibility index (Phi) is 6.48. The normalized spacial score (nSPS) is 21.7. The van der Waals surface area contributed by atoms with Gasteiger partial charge in [0, 0.05) is 31.9 Å². The van der Waals surface area contributed by atoms with E-state index >= 15 is 0 Å². The van der Waals surface area contributed by atoms with E-state index < -0.39 is 10.0 Å². The molecular formula is C18H27N3O5S. The quantitative estimate of drug-likeness (QED) is 0.750. The lowest BCUT2D eigenvalue weighted by Gasteiger charge is -2.33. The lowest BCUT2D eigenvalue weighted by Crippen LogP contribution is -2.47. The van der Waals surface area contributed by atoms with Crippen LogP contribution in [-0.4, -0.2) is 80.2 Å². The Bertz CT molecular complexity index is 756. The van der Waals surface area contributed by atoms with Crippen molar-refractivity contribution in [3.8, 4) is 0 Å². The molecule has 1 atom stereocenters. The van der Waals surface area contributed by atoms with E-state index in [1.807, 2.05) is 11.8 Å². The van der Waals surface area contributed by atoms with Crippen LogP contribution in [0.1, 0.15) is 19.8 Å². The summed E-state index contributed by atoms with van der Waals surface area (Å²) in [5, 5.41) is 12.4. The first-order valence-electron chi connectivity index (χ1n) is 9.29.